The quantitative estimate of drug-likeness (QED) is 0.815. The predicted octanol–water partition coefficient (Wildman–Crippen LogP) is 2.13. The van der Waals surface area contributed by atoms with E-state index in [4.69, 9.17) is 4.74 Å². The van der Waals surface area contributed by atoms with Gasteiger partial charge in [0, 0.05) is 31.3 Å². The molecule has 6 nitrogen and oxygen atoms in total. The number of rotatable bonds is 5. The van der Waals surface area contributed by atoms with Crippen LogP contribution in [-0.2, 0) is 16.1 Å². The van der Waals surface area contributed by atoms with Gasteiger partial charge >= 0.3 is 5.97 Å². The van der Waals surface area contributed by atoms with Crippen LogP contribution in [0.3, 0.4) is 0 Å². The number of esters is 1. The summed E-state index contributed by atoms with van der Waals surface area (Å²) in [6.45, 7) is 3.20. The molecule has 0 radical (unpaired) electrons. The van der Waals surface area contributed by atoms with Crippen LogP contribution in [0.4, 0.5) is 4.39 Å². The van der Waals surface area contributed by atoms with E-state index in [2.05, 4.69) is 15.3 Å². The minimum atomic E-state index is -0.274. The molecule has 2 saturated heterocycles. The summed E-state index contributed by atoms with van der Waals surface area (Å²) in [6, 6.07) is 6.25. The van der Waals surface area contributed by atoms with Crippen molar-refractivity contribution in [1.82, 2.24) is 20.0 Å². The maximum absolute atomic E-state index is 13.1. The Morgan fingerprint density at radius 2 is 2.07 bits per heavy atom. The minimum absolute atomic E-state index is 0.0217. The van der Waals surface area contributed by atoms with Crippen molar-refractivity contribution in [3.05, 3.63) is 48.0 Å². The number of aromatic nitrogens is 2. The molecule has 27 heavy (non-hydrogen) atoms. The fourth-order valence-electron chi connectivity index (χ4n) is 4.15. The Morgan fingerprint density at radius 3 is 2.81 bits per heavy atom. The van der Waals surface area contributed by atoms with Gasteiger partial charge in [-0.15, -0.1) is 0 Å². The molecule has 1 N–H and O–H groups in total. The molecule has 1 unspecified atom stereocenters. The molecule has 3 heterocycles. The lowest BCUT2D eigenvalue weighted by molar-refractivity contribution is -0.150. The maximum atomic E-state index is 13.1. The third-order valence-corrected chi connectivity index (χ3v) is 5.58. The summed E-state index contributed by atoms with van der Waals surface area (Å²) < 4.78 is 20.5. The summed E-state index contributed by atoms with van der Waals surface area (Å²) in [6.07, 6.45) is 6.26. The van der Waals surface area contributed by atoms with Gasteiger partial charge in [0.25, 0.3) is 0 Å². The molecular weight excluding hydrogens is 347 g/mol. The number of piperidine rings is 1. The number of halogens is 1. The van der Waals surface area contributed by atoms with Gasteiger partial charge in [-0.05, 0) is 57.2 Å². The normalized spacial score (nSPS) is 21.7. The Balaban J connectivity index is 1.34. The van der Waals surface area contributed by atoms with Crippen molar-refractivity contribution >= 4 is 5.97 Å². The highest BCUT2D eigenvalue weighted by Crippen LogP contribution is 2.41. The molecule has 2 aliphatic heterocycles. The van der Waals surface area contributed by atoms with E-state index in [0.717, 1.165) is 43.6 Å². The van der Waals surface area contributed by atoms with Crippen LogP contribution >= 0.6 is 0 Å². The number of hydrogen-bond acceptors (Lipinski definition) is 5. The molecule has 0 aliphatic carbocycles. The van der Waals surface area contributed by atoms with E-state index in [1.54, 1.807) is 16.8 Å². The Hall–Kier alpha value is -2.25. The second kappa shape index (κ2) is 7.40. The number of ether oxygens (including phenoxy) is 1. The number of cyclic esters (lactones) is 1. The van der Waals surface area contributed by atoms with Gasteiger partial charge in [-0.1, -0.05) is 0 Å². The summed E-state index contributed by atoms with van der Waals surface area (Å²) in [7, 11) is 2.02. The van der Waals surface area contributed by atoms with Gasteiger partial charge in [0.2, 0.25) is 0 Å². The van der Waals surface area contributed by atoms with Gasteiger partial charge < -0.3 is 10.1 Å². The zero-order valence-corrected chi connectivity index (χ0v) is 15.5. The number of carbonyl (C=O) groups is 1. The van der Waals surface area contributed by atoms with Crippen LogP contribution < -0.4 is 5.32 Å². The van der Waals surface area contributed by atoms with Gasteiger partial charge in [-0.25, -0.2) is 9.07 Å². The maximum Gasteiger partial charge on any atom is 0.312 e. The molecule has 1 aromatic carbocycles. The minimum Gasteiger partial charge on any atom is -0.461 e. The number of nitrogens with one attached hydrogen (secondary N) is 1. The van der Waals surface area contributed by atoms with Crippen LogP contribution in [0.1, 0.15) is 24.8 Å². The van der Waals surface area contributed by atoms with Gasteiger partial charge in [0.1, 0.15) is 11.9 Å². The van der Waals surface area contributed by atoms with Gasteiger partial charge in [0.15, 0.2) is 0 Å². The van der Waals surface area contributed by atoms with Gasteiger partial charge in [0.05, 0.1) is 17.3 Å². The first kappa shape index (κ1) is 18.1. The average molecular weight is 372 g/mol. The highest BCUT2D eigenvalue weighted by Gasteiger charge is 2.49. The predicted molar refractivity (Wildman–Crippen MR) is 98.9 cm³/mol. The summed E-state index contributed by atoms with van der Waals surface area (Å²) in [4.78, 5) is 14.5. The van der Waals surface area contributed by atoms with E-state index in [9.17, 15) is 9.18 Å². The average Bonchev–Trinajstić information content (AvgIpc) is 3.21. The molecule has 4 rings (SSSR count). The molecule has 1 aromatic heterocycles. The number of carbonyl (C=O) groups excluding carboxylic acids is 1. The fourth-order valence-corrected chi connectivity index (χ4v) is 4.15. The number of nitrogens with zero attached hydrogens (tertiary/aromatic N) is 3. The van der Waals surface area contributed by atoms with E-state index in [0.29, 0.717) is 13.1 Å². The molecule has 2 aromatic rings. The second-order valence-electron chi connectivity index (χ2n) is 7.73. The van der Waals surface area contributed by atoms with Crippen molar-refractivity contribution in [2.75, 3.05) is 26.7 Å². The van der Waals surface area contributed by atoms with Crippen molar-refractivity contribution in [3.63, 3.8) is 0 Å². The molecule has 1 spiro atoms. The fraction of sp³-hybridized carbons (Fsp3) is 0.500. The van der Waals surface area contributed by atoms with E-state index in [1.807, 2.05) is 19.4 Å². The SMILES string of the molecule is CN(Cc1cnn(-c2ccc(F)cc2)c1)CC1CC2(CCNCC2)C(=O)O1. The van der Waals surface area contributed by atoms with Crippen molar-refractivity contribution in [3.8, 4) is 5.69 Å². The third kappa shape index (κ3) is 3.89. The molecule has 0 bridgehead atoms. The van der Waals surface area contributed by atoms with Crippen LogP contribution in [0, 0.1) is 11.2 Å². The van der Waals surface area contributed by atoms with Crippen molar-refractivity contribution in [2.45, 2.75) is 31.9 Å². The van der Waals surface area contributed by atoms with Crippen molar-refractivity contribution < 1.29 is 13.9 Å². The summed E-state index contributed by atoms with van der Waals surface area (Å²) in [5, 5.41) is 7.67. The van der Waals surface area contributed by atoms with Gasteiger partial charge in [-0.2, -0.15) is 5.10 Å². The summed E-state index contributed by atoms with van der Waals surface area (Å²) in [5.74, 6) is -0.282. The van der Waals surface area contributed by atoms with Crippen LogP contribution in [0.2, 0.25) is 0 Å². The first-order valence-electron chi connectivity index (χ1n) is 9.44. The molecule has 7 heteroatoms. The van der Waals surface area contributed by atoms with Gasteiger partial charge in [-0.3, -0.25) is 9.69 Å². The van der Waals surface area contributed by atoms with E-state index >= 15 is 0 Å². The molecule has 1 atom stereocenters. The highest BCUT2D eigenvalue weighted by molar-refractivity contribution is 5.79. The molecule has 144 valence electrons. The zero-order chi connectivity index (χ0) is 18.9. The number of benzene rings is 1. The topological polar surface area (TPSA) is 59.4 Å². The Labute approximate surface area is 158 Å². The summed E-state index contributed by atoms with van der Waals surface area (Å²) >= 11 is 0. The van der Waals surface area contributed by atoms with Crippen molar-refractivity contribution in [2.24, 2.45) is 5.41 Å². The lowest BCUT2D eigenvalue weighted by Crippen LogP contribution is -2.39. The highest BCUT2D eigenvalue weighted by atomic mass is 19.1. The standard InChI is InChI=1S/C20H25FN4O2/c1-24(14-18-10-20(19(26)27-18)6-8-22-9-7-20)12-15-11-23-25(13-15)17-4-2-16(21)3-5-17/h2-5,11,13,18,22H,6-10,12,14H2,1H3. The first-order chi connectivity index (χ1) is 13.0. The molecule has 2 aliphatic rings. The summed E-state index contributed by atoms with van der Waals surface area (Å²) in [5.41, 5.74) is 1.61. The first-order valence-corrected chi connectivity index (χ1v) is 9.44. The Morgan fingerprint density at radius 1 is 1.33 bits per heavy atom. The number of hydrogen-bond donors (Lipinski definition) is 1. The molecule has 0 saturated carbocycles. The lowest BCUT2D eigenvalue weighted by atomic mass is 9.76. The largest absolute Gasteiger partial charge is 0.461 e. The smallest absolute Gasteiger partial charge is 0.312 e. The van der Waals surface area contributed by atoms with Crippen molar-refractivity contribution in [1.29, 1.82) is 0 Å². The zero-order valence-electron chi connectivity index (χ0n) is 15.5. The lowest BCUT2D eigenvalue weighted by Gasteiger charge is -2.29. The Bertz CT molecular complexity index is 799. The Kier molecular flexibility index (Phi) is 4.97. The number of likely N-dealkylation sites (N-methyl/N-ethyl adjacent to an activating group) is 1. The van der Waals surface area contributed by atoms with Crippen LogP contribution in [0.25, 0.3) is 5.69 Å². The molecule has 0 amide bonds. The monoisotopic (exact) mass is 372 g/mol. The van der Waals surface area contributed by atoms with Crippen LogP contribution in [0.15, 0.2) is 36.7 Å². The van der Waals surface area contributed by atoms with E-state index in [-0.39, 0.29) is 23.3 Å². The third-order valence-electron chi connectivity index (χ3n) is 5.58. The van der Waals surface area contributed by atoms with E-state index < -0.39 is 0 Å². The molecule has 2 fully saturated rings. The van der Waals surface area contributed by atoms with Crippen LogP contribution in [0.5, 0.6) is 0 Å². The van der Waals surface area contributed by atoms with Crippen LogP contribution in [-0.4, -0.2) is 53.4 Å². The molecular formula is C20H25FN4O2. The second-order valence-corrected chi connectivity index (χ2v) is 7.73. The van der Waals surface area contributed by atoms with E-state index in [1.165, 1.54) is 12.1 Å².